The van der Waals surface area contributed by atoms with Gasteiger partial charge in [0.25, 0.3) is 15.9 Å². The van der Waals surface area contributed by atoms with E-state index < -0.39 is 15.9 Å². The fourth-order valence-electron chi connectivity index (χ4n) is 3.54. The molecule has 0 aliphatic carbocycles. The Morgan fingerprint density at radius 3 is 2.45 bits per heavy atom. The van der Waals surface area contributed by atoms with Crippen molar-refractivity contribution in [3.05, 3.63) is 41.1 Å². The molecule has 2 heterocycles. The maximum Gasteiger partial charge on any atom is 0.263 e. The second-order valence-electron chi connectivity index (χ2n) is 7.17. The van der Waals surface area contributed by atoms with Gasteiger partial charge in [0.15, 0.2) is 0 Å². The van der Waals surface area contributed by atoms with Gasteiger partial charge in [-0.15, -0.1) is 0 Å². The van der Waals surface area contributed by atoms with Gasteiger partial charge in [0.05, 0.1) is 5.56 Å². The van der Waals surface area contributed by atoms with E-state index in [1.165, 1.54) is 26.3 Å². The van der Waals surface area contributed by atoms with Crippen molar-refractivity contribution in [3.8, 4) is 0 Å². The van der Waals surface area contributed by atoms with Crippen molar-refractivity contribution in [3.63, 3.8) is 0 Å². The van der Waals surface area contributed by atoms with Crippen LogP contribution in [0.1, 0.15) is 35.3 Å². The minimum absolute atomic E-state index is 0.102. The molecule has 1 N–H and O–H groups in total. The number of benzene rings is 1. The van der Waals surface area contributed by atoms with Crippen LogP contribution < -0.4 is 10.2 Å². The Morgan fingerprint density at radius 2 is 1.83 bits per heavy atom. The summed E-state index contributed by atoms with van der Waals surface area (Å²) in [6.45, 7) is 10.6. The van der Waals surface area contributed by atoms with Crippen LogP contribution in [0, 0.1) is 13.8 Å². The lowest BCUT2D eigenvalue weighted by molar-refractivity contribution is 0.0952. The normalized spacial score (nSPS) is 15.5. The molecule has 1 aromatic carbocycles. The molecule has 0 unspecified atom stereocenters. The highest BCUT2D eigenvalue weighted by Crippen LogP contribution is 2.26. The Hall–Kier alpha value is -2.39. The molecule has 0 radical (unpaired) electrons. The number of amides is 1. The largest absolute Gasteiger partial charge is 0.369 e. The van der Waals surface area contributed by atoms with Gasteiger partial charge < -0.3 is 10.2 Å². The van der Waals surface area contributed by atoms with E-state index in [-0.39, 0.29) is 10.6 Å². The third-order valence-electron chi connectivity index (χ3n) is 5.37. The number of nitrogens with zero attached hydrogens (tertiary/aromatic N) is 4. The van der Waals surface area contributed by atoms with E-state index in [9.17, 15) is 13.2 Å². The first-order valence-electron chi connectivity index (χ1n) is 9.96. The molecular formula is C20H29N5O3S. The van der Waals surface area contributed by atoms with Gasteiger partial charge >= 0.3 is 0 Å². The number of aryl methyl sites for hydroxylation is 2. The van der Waals surface area contributed by atoms with E-state index >= 15 is 0 Å². The highest BCUT2D eigenvalue weighted by Gasteiger charge is 2.34. The third-order valence-corrected chi connectivity index (χ3v) is 7.21. The maximum atomic E-state index is 13.3. The van der Waals surface area contributed by atoms with Crippen molar-refractivity contribution >= 4 is 21.6 Å². The van der Waals surface area contributed by atoms with E-state index in [0.717, 1.165) is 5.69 Å². The average Bonchev–Trinajstić information content (AvgIpc) is 3.16. The lowest BCUT2D eigenvalue weighted by Gasteiger charge is -2.36. The highest BCUT2D eigenvalue weighted by atomic mass is 32.2. The van der Waals surface area contributed by atoms with Crippen LogP contribution >= 0.6 is 0 Å². The molecule has 1 aromatic heterocycles. The molecule has 1 aliphatic rings. The number of hydrogen-bond acceptors (Lipinski definition) is 5. The fraction of sp³-hybridized carbons (Fsp3) is 0.500. The zero-order valence-corrected chi connectivity index (χ0v) is 18.3. The minimum atomic E-state index is -3.86. The van der Waals surface area contributed by atoms with Crippen molar-refractivity contribution in [2.75, 3.05) is 37.6 Å². The molecule has 158 valence electrons. The van der Waals surface area contributed by atoms with Gasteiger partial charge in [0.1, 0.15) is 0 Å². The molecule has 1 saturated heterocycles. The number of aromatic nitrogens is 2. The topological polar surface area (TPSA) is 87.5 Å². The van der Waals surface area contributed by atoms with Crippen LogP contribution in [0.5, 0.6) is 0 Å². The predicted molar refractivity (Wildman–Crippen MR) is 113 cm³/mol. The Kier molecular flexibility index (Phi) is 6.28. The molecule has 2 aromatic rings. The second-order valence-corrected chi connectivity index (χ2v) is 9.03. The number of nitrogens with one attached hydrogen (secondary N) is 1. The van der Waals surface area contributed by atoms with Crippen LogP contribution in [-0.2, 0) is 16.6 Å². The zero-order chi connectivity index (χ0) is 21.2. The first-order valence-corrected chi connectivity index (χ1v) is 11.4. The van der Waals surface area contributed by atoms with Gasteiger partial charge in [-0.2, -0.15) is 9.40 Å². The van der Waals surface area contributed by atoms with Crippen molar-refractivity contribution in [1.82, 2.24) is 19.4 Å². The number of hydrogen-bond donors (Lipinski definition) is 1. The zero-order valence-electron chi connectivity index (χ0n) is 17.5. The number of piperazine rings is 1. The summed E-state index contributed by atoms with van der Waals surface area (Å²) in [4.78, 5) is 14.6. The first-order chi connectivity index (χ1) is 13.8. The van der Waals surface area contributed by atoms with Gasteiger partial charge in [-0.05, 0) is 44.9 Å². The Bertz CT molecular complexity index is 992. The lowest BCUT2D eigenvalue weighted by atomic mass is 10.1. The standard InChI is InChI=1S/C20H29N5O3S/c1-5-21-19(26)17-14-24(6-2)22-20(17)29(27,28)25-12-10-23(11-13-25)18-9-7-8-15(3)16(18)4/h7-9,14H,5-6,10-13H2,1-4H3,(H,21,26). The van der Waals surface area contributed by atoms with Crippen molar-refractivity contribution < 1.29 is 13.2 Å². The van der Waals surface area contributed by atoms with Gasteiger partial charge in [-0.3, -0.25) is 9.48 Å². The molecule has 8 nitrogen and oxygen atoms in total. The van der Waals surface area contributed by atoms with Crippen molar-refractivity contribution in [2.24, 2.45) is 0 Å². The summed E-state index contributed by atoms with van der Waals surface area (Å²) in [5, 5.41) is 6.70. The predicted octanol–water partition coefficient (Wildman–Crippen LogP) is 1.78. The quantitative estimate of drug-likeness (QED) is 0.771. The smallest absolute Gasteiger partial charge is 0.263 e. The summed E-state index contributed by atoms with van der Waals surface area (Å²) in [6.07, 6.45) is 1.50. The summed E-state index contributed by atoms with van der Waals surface area (Å²) in [6, 6.07) is 6.17. The number of sulfonamides is 1. The molecule has 1 amide bonds. The van der Waals surface area contributed by atoms with Crippen LogP contribution in [0.25, 0.3) is 0 Å². The van der Waals surface area contributed by atoms with Crippen LogP contribution in [-0.4, -0.2) is 61.1 Å². The lowest BCUT2D eigenvalue weighted by Crippen LogP contribution is -2.49. The molecule has 29 heavy (non-hydrogen) atoms. The van der Waals surface area contributed by atoms with Crippen LogP contribution in [0.4, 0.5) is 5.69 Å². The van der Waals surface area contributed by atoms with Crippen molar-refractivity contribution in [1.29, 1.82) is 0 Å². The minimum Gasteiger partial charge on any atom is -0.369 e. The molecule has 1 fully saturated rings. The SMILES string of the molecule is CCNC(=O)c1cn(CC)nc1S(=O)(=O)N1CCN(c2cccc(C)c2C)CC1. The van der Waals surface area contributed by atoms with E-state index in [1.54, 1.807) is 6.92 Å². The first kappa shape index (κ1) is 21.3. The molecule has 3 rings (SSSR count). The number of carbonyl (C=O) groups excluding carboxylic acids is 1. The number of anilines is 1. The van der Waals surface area contributed by atoms with Crippen LogP contribution in [0.2, 0.25) is 0 Å². The molecule has 0 saturated carbocycles. The Balaban J connectivity index is 1.82. The monoisotopic (exact) mass is 419 g/mol. The van der Waals surface area contributed by atoms with E-state index in [1.807, 2.05) is 13.0 Å². The summed E-state index contributed by atoms with van der Waals surface area (Å²) < 4.78 is 29.4. The summed E-state index contributed by atoms with van der Waals surface area (Å²) in [7, 11) is -3.86. The number of carbonyl (C=O) groups is 1. The van der Waals surface area contributed by atoms with Gasteiger partial charge in [0, 0.05) is 51.2 Å². The fourth-order valence-corrected chi connectivity index (χ4v) is 5.06. The summed E-state index contributed by atoms with van der Waals surface area (Å²) >= 11 is 0. The molecule has 0 spiro atoms. The van der Waals surface area contributed by atoms with Gasteiger partial charge in [-0.25, -0.2) is 8.42 Å². The third kappa shape index (κ3) is 4.16. The average molecular weight is 420 g/mol. The maximum absolute atomic E-state index is 13.3. The molecule has 0 atom stereocenters. The van der Waals surface area contributed by atoms with Crippen LogP contribution in [0.15, 0.2) is 29.4 Å². The van der Waals surface area contributed by atoms with E-state index in [4.69, 9.17) is 0 Å². The van der Waals surface area contributed by atoms with E-state index in [0.29, 0.717) is 39.3 Å². The van der Waals surface area contributed by atoms with Gasteiger partial charge in [-0.1, -0.05) is 12.1 Å². The molecule has 1 aliphatic heterocycles. The molecule has 0 bridgehead atoms. The summed E-state index contributed by atoms with van der Waals surface area (Å²) in [5.41, 5.74) is 3.67. The Labute approximate surface area is 172 Å². The Morgan fingerprint density at radius 1 is 1.14 bits per heavy atom. The number of rotatable bonds is 6. The van der Waals surface area contributed by atoms with Gasteiger partial charge in [0.2, 0.25) is 5.03 Å². The summed E-state index contributed by atoms with van der Waals surface area (Å²) in [5.74, 6) is -0.417. The molecule has 9 heteroatoms. The second kappa shape index (κ2) is 8.54. The van der Waals surface area contributed by atoms with Crippen LogP contribution in [0.3, 0.4) is 0 Å². The highest BCUT2D eigenvalue weighted by molar-refractivity contribution is 7.89. The van der Waals surface area contributed by atoms with E-state index in [2.05, 4.69) is 41.3 Å². The molecular weight excluding hydrogens is 390 g/mol. The van der Waals surface area contributed by atoms with Crippen molar-refractivity contribution in [2.45, 2.75) is 39.3 Å².